The van der Waals surface area contributed by atoms with Gasteiger partial charge in [0.2, 0.25) is 0 Å². The average Bonchev–Trinajstić information content (AvgIpc) is 2.53. The lowest BCUT2D eigenvalue weighted by Gasteiger charge is -2.10. The van der Waals surface area contributed by atoms with Crippen LogP contribution in [0, 0.1) is 5.82 Å². The van der Waals surface area contributed by atoms with Gasteiger partial charge in [0.15, 0.2) is 5.78 Å². The lowest BCUT2D eigenvalue weighted by atomic mass is 10.0. The maximum absolute atomic E-state index is 12.8. The third-order valence-corrected chi connectivity index (χ3v) is 3.20. The minimum atomic E-state index is -1.25. The Morgan fingerprint density at radius 2 is 1.87 bits per heavy atom. The number of methoxy groups -OCH3 is 1. The summed E-state index contributed by atoms with van der Waals surface area (Å²) in [5, 5.41) is 10.8. The Morgan fingerprint density at radius 1 is 1.17 bits per heavy atom. The highest BCUT2D eigenvalue weighted by Gasteiger charge is 2.08. The van der Waals surface area contributed by atoms with E-state index in [2.05, 4.69) is 0 Å². The highest BCUT2D eigenvalue weighted by atomic mass is 19.1. The van der Waals surface area contributed by atoms with Crippen molar-refractivity contribution in [3.8, 4) is 5.75 Å². The second kappa shape index (κ2) is 7.35. The number of aliphatic carboxylic acids is 1. The molecule has 23 heavy (non-hydrogen) atoms. The summed E-state index contributed by atoms with van der Waals surface area (Å²) in [6.07, 6.45) is 2.56. The van der Waals surface area contributed by atoms with Crippen LogP contribution in [0.5, 0.6) is 5.75 Å². The molecule has 118 valence electrons. The van der Waals surface area contributed by atoms with Gasteiger partial charge in [0.05, 0.1) is 7.11 Å². The van der Waals surface area contributed by atoms with Gasteiger partial charge in [-0.25, -0.2) is 4.39 Å². The first-order valence-electron chi connectivity index (χ1n) is 6.84. The van der Waals surface area contributed by atoms with Crippen molar-refractivity contribution in [1.29, 1.82) is 0 Å². The molecule has 0 aliphatic heterocycles. The quantitative estimate of drug-likeness (QED) is 0.604. The third kappa shape index (κ3) is 4.51. The van der Waals surface area contributed by atoms with Crippen LogP contribution in [-0.2, 0) is 11.2 Å². The predicted octanol–water partition coefficient (Wildman–Crippen LogP) is 2.02. The number of ketones is 1. The molecular formula is C18H14FO4-. The van der Waals surface area contributed by atoms with E-state index in [1.54, 1.807) is 24.3 Å². The number of hydrogen-bond donors (Lipinski definition) is 0. The van der Waals surface area contributed by atoms with Crippen LogP contribution < -0.4 is 9.84 Å². The zero-order valence-electron chi connectivity index (χ0n) is 12.4. The number of carboxylic acids is 1. The summed E-state index contributed by atoms with van der Waals surface area (Å²) in [6, 6.07) is 10.3. The molecule has 0 unspecified atom stereocenters. The molecule has 0 bridgehead atoms. The second-order valence-corrected chi connectivity index (χ2v) is 4.82. The van der Waals surface area contributed by atoms with Crippen LogP contribution in [0.4, 0.5) is 4.39 Å². The fourth-order valence-corrected chi connectivity index (χ4v) is 2.07. The van der Waals surface area contributed by atoms with E-state index in [1.807, 2.05) is 0 Å². The third-order valence-electron chi connectivity index (χ3n) is 3.20. The van der Waals surface area contributed by atoms with E-state index in [9.17, 15) is 19.1 Å². The first kappa shape index (κ1) is 16.4. The number of ether oxygens (including phenoxy) is 1. The predicted molar refractivity (Wildman–Crippen MR) is 81.5 cm³/mol. The minimum absolute atomic E-state index is 0.295. The van der Waals surface area contributed by atoms with Gasteiger partial charge >= 0.3 is 0 Å². The average molecular weight is 313 g/mol. The van der Waals surface area contributed by atoms with E-state index in [1.165, 1.54) is 37.5 Å². The number of rotatable bonds is 6. The summed E-state index contributed by atoms with van der Waals surface area (Å²) < 4.78 is 17.9. The fourth-order valence-electron chi connectivity index (χ4n) is 2.07. The Kier molecular flexibility index (Phi) is 5.25. The van der Waals surface area contributed by atoms with E-state index in [4.69, 9.17) is 4.74 Å². The normalized spacial score (nSPS) is 10.7. The van der Waals surface area contributed by atoms with Crippen LogP contribution in [0.25, 0.3) is 6.08 Å². The molecule has 0 aromatic heterocycles. The Hall–Kier alpha value is -2.95. The molecule has 5 heteroatoms. The maximum Gasteiger partial charge on any atom is 0.185 e. The lowest BCUT2D eigenvalue weighted by Crippen LogP contribution is -2.24. The van der Waals surface area contributed by atoms with E-state index < -0.39 is 5.97 Å². The van der Waals surface area contributed by atoms with Gasteiger partial charge in [-0.2, -0.15) is 0 Å². The smallest absolute Gasteiger partial charge is 0.185 e. The molecule has 0 saturated carbocycles. The number of allylic oxidation sites excluding steroid dienone is 1. The van der Waals surface area contributed by atoms with Crippen molar-refractivity contribution in [2.24, 2.45) is 0 Å². The second-order valence-electron chi connectivity index (χ2n) is 4.82. The Balaban J connectivity index is 2.21. The zero-order valence-corrected chi connectivity index (χ0v) is 12.4. The summed E-state index contributed by atoms with van der Waals surface area (Å²) in [5.41, 5.74) is 1.39. The molecule has 0 atom stereocenters. The van der Waals surface area contributed by atoms with Gasteiger partial charge in [-0.15, -0.1) is 0 Å². The molecule has 0 spiro atoms. The van der Waals surface area contributed by atoms with E-state index in [-0.39, 0.29) is 18.0 Å². The molecule has 0 heterocycles. The van der Waals surface area contributed by atoms with Crippen molar-refractivity contribution in [3.05, 3.63) is 71.0 Å². The van der Waals surface area contributed by atoms with E-state index in [0.29, 0.717) is 22.4 Å². The topological polar surface area (TPSA) is 66.4 Å². The fraction of sp³-hybridized carbons (Fsp3) is 0.111. The number of carbonyl (C=O) groups is 2. The van der Waals surface area contributed by atoms with Gasteiger partial charge in [-0.1, -0.05) is 18.2 Å². The Morgan fingerprint density at radius 3 is 2.48 bits per heavy atom. The number of hydrogen-bond acceptors (Lipinski definition) is 4. The molecule has 0 amide bonds. The standard InChI is InChI=1S/C18H15FO4/c1-23-17-9-5-13(10-14(17)11-18(21)22)16(20)8-4-12-2-6-15(19)7-3-12/h2-10H,11H2,1H3,(H,21,22)/p-1/b8-4+. The zero-order chi connectivity index (χ0) is 16.8. The van der Waals surface area contributed by atoms with E-state index >= 15 is 0 Å². The molecule has 0 fully saturated rings. The molecule has 0 aliphatic rings. The van der Waals surface area contributed by atoms with Crippen molar-refractivity contribution < 1.29 is 23.8 Å². The minimum Gasteiger partial charge on any atom is -0.550 e. The van der Waals surface area contributed by atoms with Gasteiger partial charge in [0.25, 0.3) is 0 Å². The van der Waals surface area contributed by atoms with Crippen molar-refractivity contribution in [1.82, 2.24) is 0 Å². The number of benzene rings is 2. The molecule has 0 radical (unpaired) electrons. The molecule has 0 aliphatic carbocycles. The van der Waals surface area contributed by atoms with Crippen LogP contribution in [0.15, 0.2) is 48.5 Å². The monoisotopic (exact) mass is 313 g/mol. The van der Waals surface area contributed by atoms with Crippen LogP contribution >= 0.6 is 0 Å². The molecule has 2 rings (SSSR count). The van der Waals surface area contributed by atoms with Crippen molar-refractivity contribution in [2.75, 3.05) is 7.11 Å². The first-order valence-corrected chi connectivity index (χ1v) is 6.84. The lowest BCUT2D eigenvalue weighted by molar-refractivity contribution is -0.304. The van der Waals surface area contributed by atoms with Gasteiger partial charge in [0, 0.05) is 23.5 Å². The van der Waals surface area contributed by atoms with Crippen LogP contribution in [0.1, 0.15) is 21.5 Å². The van der Waals surface area contributed by atoms with Gasteiger partial charge < -0.3 is 14.6 Å². The number of halogens is 1. The van der Waals surface area contributed by atoms with Gasteiger partial charge in [0.1, 0.15) is 11.6 Å². The molecule has 0 N–H and O–H groups in total. The van der Waals surface area contributed by atoms with E-state index in [0.717, 1.165) is 0 Å². The van der Waals surface area contributed by atoms with Crippen LogP contribution in [0.2, 0.25) is 0 Å². The SMILES string of the molecule is COc1ccc(C(=O)/C=C/c2ccc(F)cc2)cc1CC(=O)[O-]. The highest BCUT2D eigenvalue weighted by Crippen LogP contribution is 2.21. The molecule has 2 aromatic rings. The van der Waals surface area contributed by atoms with Gasteiger partial charge in [-0.3, -0.25) is 4.79 Å². The van der Waals surface area contributed by atoms with Gasteiger partial charge in [-0.05, 0) is 42.0 Å². The number of carboxylic acid groups (broad SMARTS) is 1. The summed E-state index contributed by atoms with van der Waals surface area (Å²) in [6.45, 7) is 0. The Labute approximate surface area is 132 Å². The molecular weight excluding hydrogens is 299 g/mol. The van der Waals surface area contributed by atoms with Crippen LogP contribution in [-0.4, -0.2) is 18.9 Å². The largest absolute Gasteiger partial charge is 0.550 e. The van der Waals surface area contributed by atoms with Crippen molar-refractivity contribution in [2.45, 2.75) is 6.42 Å². The van der Waals surface area contributed by atoms with Crippen LogP contribution in [0.3, 0.4) is 0 Å². The summed E-state index contributed by atoms with van der Waals surface area (Å²) in [5.74, 6) is -1.52. The summed E-state index contributed by atoms with van der Waals surface area (Å²) >= 11 is 0. The molecule has 0 saturated heterocycles. The highest BCUT2D eigenvalue weighted by molar-refractivity contribution is 6.07. The molecule has 2 aromatic carbocycles. The Bertz CT molecular complexity index is 748. The first-order chi connectivity index (χ1) is 11.0. The maximum atomic E-state index is 12.8. The summed E-state index contributed by atoms with van der Waals surface area (Å²) in [4.78, 5) is 22.9. The van der Waals surface area contributed by atoms with Crippen molar-refractivity contribution >= 4 is 17.8 Å². The molecule has 4 nitrogen and oxygen atoms in total. The van der Waals surface area contributed by atoms with Crippen molar-refractivity contribution in [3.63, 3.8) is 0 Å². The number of carbonyl (C=O) groups excluding carboxylic acids is 2. The summed E-state index contributed by atoms with van der Waals surface area (Å²) in [7, 11) is 1.42.